The Kier molecular flexibility index (Phi) is 4.43. The van der Waals surface area contributed by atoms with Crippen LogP contribution in [0.2, 0.25) is 0 Å². The fourth-order valence-corrected chi connectivity index (χ4v) is 3.60. The van der Waals surface area contributed by atoms with E-state index in [1.807, 2.05) is 6.92 Å². The summed E-state index contributed by atoms with van der Waals surface area (Å²) in [6.07, 6.45) is 0. The van der Waals surface area contributed by atoms with Crippen LogP contribution in [0.3, 0.4) is 0 Å². The van der Waals surface area contributed by atoms with E-state index in [0.29, 0.717) is 17.9 Å². The zero-order valence-electron chi connectivity index (χ0n) is 11.1. The number of sulfonamides is 1. The Morgan fingerprint density at radius 2 is 2.05 bits per heavy atom. The van der Waals surface area contributed by atoms with Crippen molar-refractivity contribution in [2.24, 2.45) is 0 Å². The third kappa shape index (κ3) is 3.50. The van der Waals surface area contributed by atoms with Crippen molar-refractivity contribution in [3.05, 3.63) is 45.1 Å². The number of benzene rings is 1. The van der Waals surface area contributed by atoms with Gasteiger partial charge in [0.15, 0.2) is 4.90 Å². The predicted octanol–water partition coefficient (Wildman–Crippen LogP) is 2.89. The first kappa shape index (κ1) is 15.3. The molecular formula is C12H13N3O4S2. The monoisotopic (exact) mass is 327 g/mol. The third-order valence-corrected chi connectivity index (χ3v) is 4.71. The molecule has 21 heavy (non-hydrogen) atoms. The van der Waals surface area contributed by atoms with Gasteiger partial charge >= 0.3 is 0 Å². The van der Waals surface area contributed by atoms with Crippen LogP contribution in [0.5, 0.6) is 0 Å². The van der Waals surface area contributed by atoms with Crippen molar-refractivity contribution in [3.63, 3.8) is 0 Å². The summed E-state index contributed by atoms with van der Waals surface area (Å²) in [5, 5.41) is 17.3. The summed E-state index contributed by atoms with van der Waals surface area (Å²) < 4.78 is 26.8. The first-order valence-electron chi connectivity index (χ1n) is 6.01. The van der Waals surface area contributed by atoms with Gasteiger partial charge < -0.3 is 5.32 Å². The molecule has 1 heterocycles. The molecule has 0 aliphatic rings. The van der Waals surface area contributed by atoms with E-state index in [0.717, 1.165) is 0 Å². The highest BCUT2D eigenvalue weighted by molar-refractivity contribution is 7.92. The van der Waals surface area contributed by atoms with Crippen LogP contribution >= 0.6 is 11.3 Å². The Morgan fingerprint density at radius 3 is 2.62 bits per heavy atom. The van der Waals surface area contributed by atoms with Gasteiger partial charge in [0.05, 0.1) is 10.6 Å². The predicted molar refractivity (Wildman–Crippen MR) is 82.4 cm³/mol. The molecule has 2 aromatic rings. The lowest BCUT2D eigenvalue weighted by atomic mass is 10.3. The molecule has 112 valence electrons. The second-order valence-corrected chi connectivity index (χ2v) is 6.52. The number of thiophene rings is 1. The van der Waals surface area contributed by atoms with Crippen molar-refractivity contribution in [2.75, 3.05) is 16.6 Å². The maximum absolute atomic E-state index is 12.3. The molecule has 0 unspecified atom stereocenters. The lowest BCUT2D eigenvalue weighted by Crippen LogP contribution is -2.14. The van der Waals surface area contributed by atoms with Gasteiger partial charge in [0.25, 0.3) is 15.7 Å². The maximum Gasteiger partial charge on any atom is 0.291 e. The third-order valence-electron chi connectivity index (χ3n) is 2.60. The molecule has 0 fully saturated rings. The van der Waals surface area contributed by atoms with E-state index in [-0.39, 0.29) is 4.90 Å². The standard InChI is InChI=1S/C12H13N3O4S2/c1-2-13-9-3-4-12(11(7-9)15(16)17)21(18,19)14-10-5-6-20-8-10/h3-8,13-14H,2H2,1H3. The van der Waals surface area contributed by atoms with Crippen molar-refractivity contribution in [3.8, 4) is 0 Å². The quantitative estimate of drug-likeness (QED) is 0.627. The molecule has 0 spiro atoms. The summed E-state index contributed by atoms with van der Waals surface area (Å²) in [5.41, 5.74) is 0.417. The summed E-state index contributed by atoms with van der Waals surface area (Å²) in [4.78, 5) is 10.0. The van der Waals surface area contributed by atoms with Gasteiger partial charge in [-0.1, -0.05) is 0 Å². The number of nitrogens with one attached hydrogen (secondary N) is 2. The minimum atomic E-state index is -4.00. The van der Waals surface area contributed by atoms with E-state index in [1.54, 1.807) is 16.8 Å². The average Bonchev–Trinajstić information content (AvgIpc) is 2.91. The smallest absolute Gasteiger partial charge is 0.291 e. The summed E-state index contributed by atoms with van der Waals surface area (Å²) in [6, 6.07) is 5.52. The van der Waals surface area contributed by atoms with Crippen molar-refractivity contribution in [1.29, 1.82) is 0 Å². The summed E-state index contributed by atoms with van der Waals surface area (Å²) in [5.74, 6) is 0. The largest absolute Gasteiger partial charge is 0.385 e. The van der Waals surface area contributed by atoms with Gasteiger partial charge in [0.1, 0.15) is 0 Å². The van der Waals surface area contributed by atoms with E-state index in [1.165, 1.54) is 29.5 Å². The highest BCUT2D eigenvalue weighted by atomic mass is 32.2. The zero-order chi connectivity index (χ0) is 15.5. The summed E-state index contributed by atoms with van der Waals surface area (Å²) in [7, 11) is -4.00. The number of nitro benzene ring substituents is 1. The van der Waals surface area contributed by atoms with E-state index >= 15 is 0 Å². The first-order chi connectivity index (χ1) is 9.94. The molecule has 0 amide bonds. The minimum absolute atomic E-state index is 0.361. The molecule has 9 heteroatoms. The SMILES string of the molecule is CCNc1ccc(S(=O)(=O)Nc2ccsc2)c([N+](=O)[O-])c1. The fourth-order valence-electron chi connectivity index (χ4n) is 1.73. The molecule has 0 saturated heterocycles. The number of rotatable bonds is 6. The Labute approximate surface area is 125 Å². The lowest BCUT2D eigenvalue weighted by molar-refractivity contribution is -0.387. The molecule has 2 N–H and O–H groups in total. The second-order valence-electron chi connectivity index (χ2n) is 4.09. The van der Waals surface area contributed by atoms with Crippen LogP contribution in [0.4, 0.5) is 17.1 Å². The van der Waals surface area contributed by atoms with Crippen LogP contribution in [0, 0.1) is 10.1 Å². The number of hydrogen-bond donors (Lipinski definition) is 2. The van der Waals surface area contributed by atoms with E-state index in [4.69, 9.17) is 0 Å². The van der Waals surface area contributed by atoms with Gasteiger partial charge in [-0.05, 0) is 30.5 Å². The Bertz CT molecular complexity index is 742. The van der Waals surface area contributed by atoms with Crippen molar-refractivity contribution in [2.45, 2.75) is 11.8 Å². The van der Waals surface area contributed by atoms with Crippen LogP contribution in [-0.4, -0.2) is 19.9 Å². The molecule has 0 bridgehead atoms. The van der Waals surface area contributed by atoms with Crippen molar-refractivity contribution in [1.82, 2.24) is 0 Å². The fraction of sp³-hybridized carbons (Fsp3) is 0.167. The highest BCUT2D eigenvalue weighted by Gasteiger charge is 2.26. The molecule has 1 aromatic heterocycles. The molecule has 0 radical (unpaired) electrons. The molecule has 0 atom stereocenters. The Morgan fingerprint density at radius 1 is 1.29 bits per heavy atom. The summed E-state index contributed by atoms with van der Waals surface area (Å²) in [6.45, 7) is 2.42. The average molecular weight is 327 g/mol. The number of nitro groups is 1. The Balaban J connectivity index is 2.44. The molecule has 7 nitrogen and oxygen atoms in total. The van der Waals surface area contributed by atoms with Gasteiger partial charge in [0, 0.05) is 23.7 Å². The molecule has 2 rings (SSSR count). The number of anilines is 2. The van der Waals surface area contributed by atoms with Crippen molar-refractivity contribution >= 4 is 38.4 Å². The topological polar surface area (TPSA) is 101 Å². The van der Waals surface area contributed by atoms with Crippen LogP contribution < -0.4 is 10.0 Å². The van der Waals surface area contributed by atoms with Crippen LogP contribution in [0.25, 0.3) is 0 Å². The van der Waals surface area contributed by atoms with Gasteiger partial charge in [0.2, 0.25) is 0 Å². The molecule has 0 aliphatic carbocycles. The van der Waals surface area contributed by atoms with E-state index in [2.05, 4.69) is 10.0 Å². The van der Waals surface area contributed by atoms with Crippen LogP contribution in [0.15, 0.2) is 39.9 Å². The van der Waals surface area contributed by atoms with E-state index in [9.17, 15) is 18.5 Å². The van der Waals surface area contributed by atoms with E-state index < -0.39 is 20.6 Å². The maximum atomic E-state index is 12.3. The lowest BCUT2D eigenvalue weighted by Gasteiger charge is -2.09. The number of nitrogens with zero attached hydrogens (tertiary/aromatic N) is 1. The minimum Gasteiger partial charge on any atom is -0.385 e. The second kappa shape index (κ2) is 6.10. The highest BCUT2D eigenvalue weighted by Crippen LogP contribution is 2.29. The van der Waals surface area contributed by atoms with Crippen molar-refractivity contribution < 1.29 is 13.3 Å². The first-order valence-corrected chi connectivity index (χ1v) is 8.44. The zero-order valence-corrected chi connectivity index (χ0v) is 12.7. The molecular weight excluding hydrogens is 314 g/mol. The number of hydrogen-bond acceptors (Lipinski definition) is 6. The molecule has 0 aliphatic heterocycles. The molecule has 1 aromatic carbocycles. The van der Waals surface area contributed by atoms with Crippen LogP contribution in [-0.2, 0) is 10.0 Å². The molecule has 0 saturated carbocycles. The normalized spacial score (nSPS) is 11.1. The van der Waals surface area contributed by atoms with Gasteiger partial charge in [-0.25, -0.2) is 8.42 Å². The Hall–Kier alpha value is -2.13. The van der Waals surface area contributed by atoms with Gasteiger partial charge in [-0.3, -0.25) is 14.8 Å². The van der Waals surface area contributed by atoms with Gasteiger partial charge in [-0.15, -0.1) is 0 Å². The summed E-state index contributed by atoms with van der Waals surface area (Å²) >= 11 is 1.32. The van der Waals surface area contributed by atoms with Gasteiger partial charge in [-0.2, -0.15) is 11.3 Å². The van der Waals surface area contributed by atoms with Crippen LogP contribution in [0.1, 0.15) is 6.92 Å².